The van der Waals surface area contributed by atoms with Gasteiger partial charge >= 0.3 is 29.2 Å². The van der Waals surface area contributed by atoms with Crippen LogP contribution in [0.3, 0.4) is 0 Å². The molecule has 3 heterocycles. The number of fused-ring (bicyclic) bond motifs is 2. The van der Waals surface area contributed by atoms with Crippen molar-refractivity contribution in [1.29, 1.82) is 5.26 Å². The Morgan fingerprint density at radius 1 is 1.24 bits per heavy atom. The Morgan fingerprint density at radius 3 is 2.45 bits per heavy atom. The number of H-pyrrole nitrogens is 1. The van der Waals surface area contributed by atoms with Crippen molar-refractivity contribution in [3.8, 4) is 6.07 Å². The van der Waals surface area contributed by atoms with E-state index in [0.717, 1.165) is 0 Å². The van der Waals surface area contributed by atoms with Gasteiger partial charge in [0.15, 0.2) is 0 Å². The average Bonchev–Trinajstić information content (AvgIpc) is 3.08. The third kappa shape index (κ3) is 4.94. The van der Waals surface area contributed by atoms with E-state index in [-0.39, 0.29) is 4.57 Å². The van der Waals surface area contributed by atoms with E-state index < -0.39 is 77.3 Å². The third-order valence-corrected chi connectivity index (χ3v) is 8.16. The van der Waals surface area contributed by atoms with Crippen molar-refractivity contribution in [3.05, 3.63) is 32.9 Å². The van der Waals surface area contributed by atoms with Crippen molar-refractivity contribution in [2.75, 3.05) is 13.2 Å². The SMILES string of the molecule is N#C[C@@]1(n2cc(F)c(=O)[nH]c2=O)O[C@@]2(COP(=O)(O)OP(=O)(O)OP(=O)(O)O)CO[C@@H]1[C@@H]2O. The van der Waals surface area contributed by atoms with E-state index in [2.05, 4.69) is 13.1 Å². The number of ether oxygens (including phenoxy) is 2. The largest absolute Gasteiger partial charge is 0.490 e. The summed E-state index contributed by atoms with van der Waals surface area (Å²) in [6.45, 7) is -1.86. The van der Waals surface area contributed by atoms with Crippen LogP contribution in [0.4, 0.5) is 4.39 Å². The van der Waals surface area contributed by atoms with Crippen LogP contribution in [0.5, 0.6) is 0 Å². The molecule has 33 heavy (non-hydrogen) atoms. The minimum absolute atomic E-state index is 0.267. The minimum atomic E-state index is -5.84. The lowest BCUT2D eigenvalue weighted by atomic mass is 9.98. The van der Waals surface area contributed by atoms with Crippen molar-refractivity contribution >= 4 is 23.5 Å². The molecule has 18 nitrogen and oxygen atoms in total. The monoisotopic (exact) mass is 539 g/mol. The molecule has 22 heteroatoms. The maximum Gasteiger partial charge on any atom is 0.490 e. The Balaban J connectivity index is 1.87. The molecule has 184 valence electrons. The van der Waals surface area contributed by atoms with Gasteiger partial charge in [-0.3, -0.25) is 18.9 Å². The van der Waals surface area contributed by atoms with E-state index in [9.17, 15) is 42.9 Å². The molecule has 0 aromatic carbocycles. The highest BCUT2D eigenvalue weighted by Gasteiger charge is 2.71. The highest BCUT2D eigenvalue weighted by atomic mass is 31.3. The molecule has 2 saturated heterocycles. The quantitative estimate of drug-likeness (QED) is 0.190. The predicted octanol–water partition coefficient (Wildman–Crippen LogP) is -2.28. The summed E-state index contributed by atoms with van der Waals surface area (Å²) in [4.78, 5) is 60.7. The Morgan fingerprint density at radius 2 is 1.88 bits per heavy atom. The highest BCUT2D eigenvalue weighted by Crippen LogP contribution is 2.66. The number of rotatable bonds is 8. The molecule has 2 aliphatic rings. The molecule has 6 N–H and O–H groups in total. The van der Waals surface area contributed by atoms with Crippen LogP contribution in [0.15, 0.2) is 15.8 Å². The summed E-state index contributed by atoms with van der Waals surface area (Å²) in [6, 6.07) is 1.49. The van der Waals surface area contributed by atoms with Crippen LogP contribution in [0.25, 0.3) is 0 Å². The van der Waals surface area contributed by atoms with E-state index in [4.69, 9.17) is 24.2 Å². The molecule has 1 aromatic rings. The molecule has 2 aliphatic heterocycles. The number of phosphoric ester groups is 1. The Labute approximate surface area is 180 Å². The molecule has 2 unspecified atom stereocenters. The zero-order valence-corrected chi connectivity index (χ0v) is 18.3. The molecule has 1 aromatic heterocycles. The fraction of sp³-hybridized carbons (Fsp3) is 0.545. The summed E-state index contributed by atoms with van der Waals surface area (Å²) >= 11 is 0. The molecule has 0 amide bonds. The van der Waals surface area contributed by atoms with Gasteiger partial charge < -0.3 is 34.2 Å². The summed E-state index contributed by atoms with van der Waals surface area (Å²) in [6.07, 6.45) is -3.29. The molecular weight excluding hydrogens is 526 g/mol. The molecular formula is C11H13FN3O15P3. The number of nitrogens with zero attached hydrogens (tertiary/aromatic N) is 2. The first kappa shape index (κ1) is 26.0. The fourth-order valence-corrected chi connectivity index (χ4v) is 6.22. The van der Waals surface area contributed by atoms with Gasteiger partial charge in [-0.15, -0.1) is 0 Å². The van der Waals surface area contributed by atoms with Crippen LogP contribution < -0.4 is 11.2 Å². The summed E-state index contributed by atoms with van der Waals surface area (Å²) in [7, 11) is -17.1. The highest BCUT2D eigenvalue weighted by molar-refractivity contribution is 7.66. The lowest BCUT2D eigenvalue weighted by Crippen LogP contribution is -2.54. The molecule has 6 atom stereocenters. The average molecular weight is 539 g/mol. The number of aliphatic hydroxyl groups excluding tert-OH is 1. The normalized spacial score (nSPS) is 32.8. The number of nitriles is 1. The molecule has 0 aliphatic carbocycles. The molecule has 2 bridgehead atoms. The number of halogens is 1. The third-order valence-electron chi connectivity index (χ3n) is 4.38. The summed E-state index contributed by atoms with van der Waals surface area (Å²) in [5, 5.41) is 20.1. The second-order valence-corrected chi connectivity index (χ2v) is 11.0. The zero-order valence-electron chi connectivity index (χ0n) is 15.6. The van der Waals surface area contributed by atoms with Crippen LogP contribution in [-0.4, -0.2) is 65.3 Å². The number of nitrogens with one attached hydrogen (secondary N) is 1. The van der Waals surface area contributed by atoms with E-state index in [1.807, 2.05) is 0 Å². The van der Waals surface area contributed by atoms with Crippen molar-refractivity contribution in [2.24, 2.45) is 0 Å². The van der Waals surface area contributed by atoms with Crippen LogP contribution in [0.1, 0.15) is 0 Å². The summed E-state index contributed by atoms with van der Waals surface area (Å²) < 4.78 is 70.1. The fourth-order valence-electron chi connectivity index (χ4n) is 3.14. The number of aromatic amines is 1. The van der Waals surface area contributed by atoms with Gasteiger partial charge in [0.2, 0.25) is 5.82 Å². The number of hydrogen-bond acceptors (Lipinski definition) is 12. The van der Waals surface area contributed by atoms with Gasteiger partial charge in [0.1, 0.15) is 23.9 Å². The maximum absolute atomic E-state index is 13.7. The molecule has 3 rings (SSSR count). The van der Waals surface area contributed by atoms with Gasteiger partial charge in [-0.1, -0.05) is 0 Å². The van der Waals surface area contributed by atoms with Crippen LogP contribution >= 0.6 is 23.5 Å². The predicted molar refractivity (Wildman–Crippen MR) is 94.2 cm³/mol. The number of phosphoric acid groups is 3. The van der Waals surface area contributed by atoms with E-state index in [0.29, 0.717) is 6.20 Å². The van der Waals surface area contributed by atoms with Gasteiger partial charge in [0.25, 0.3) is 11.3 Å². The first-order chi connectivity index (χ1) is 15.0. The van der Waals surface area contributed by atoms with Gasteiger partial charge in [-0.25, -0.2) is 18.5 Å². The van der Waals surface area contributed by atoms with Crippen molar-refractivity contribution in [1.82, 2.24) is 9.55 Å². The van der Waals surface area contributed by atoms with Crippen molar-refractivity contribution < 1.29 is 65.4 Å². The molecule has 0 radical (unpaired) electrons. The van der Waals surface area contributed by atoms with Crippen LogP contribution in [0.2, 0.25) is 0 Å². The van der Waals surface area contributed by atoms with Crippen LogP contribution in [0, 0.1) is 17.1 Å². The van der Waals surface area contributed by atoms with Gasteiger partial charge in [-0.2, -0.15) is 18.3 Å². The van der Waals surface area contributed by atoms with E-state index >= 15 is 0 Å². The molecule has 2 fully saturated rings. The number of aromatic nitrogens is 2. The lowest BCUT2D eigenvalue weighted by Gasteiger charge is -2.35. The second kappa shape index (κ2) is 8.26. The summed E-state index contributed by atoms with van der Waals surface area (Å²) in [5.74, 6) is -1.51. The van der Waals surface area contributed by atoms with E-state index in [1.54, 1.807) is 4.98 Å². The first-order valence-electron chi connectivity index (χ1n) is 8.17. The van der Waals surface area contributed by atoms with E-state index in [1.165, 1.54) is 6.07 Å². The van der Waals surface area contributed by atoms with Gasteiger partial charge in [0.05, 0.1) is 19.4 Å². The second-order valence-electron chi connectivity index (χ2n) is 6.62. The Bertz CT molecular complexity index is 1270. The topological polar surface area (TPSA) is 277 Å². The Hall–Kier alpha value is -1.61. The van der Waals surface area contributed by atoms with Gasteiger partial charge in [0, 0.05) is 0 Å². The smallest absolute Gasteiger partial charge is 0.387 e. The number of aliphatic hydroxyl groups is 1. The van der Waals surface area contributed by atoms with Crippen LogP contribution in [-0.2, 0) is 42.0 Å². The number of hydrogen-bond donors (Lipinski definition) is 6. The van der Waals surface area contributed by atoms with Crippen molar-refractivity contribution in [3.63, 3.8) is 0 Å². The maximum atomic E-state index is 13.7. The molecule has 0 spiro atoms. The zero-order chi connectivity index (χ0) is 25.0. The standard InChI is InChI=1S/C11H13FN3O15P3/c12-5-1-15(9(18)14-8(5)17)11(2-13)7-6(16)10(28-11,3-26-7)4-27-32(22,23)30-33(24,25)29-31(19,20)21/h1,6-7,16H,3-4H2,(H,22,23)(H,24,25)(H,14,17,18)(H2,19,20,21)/t6-,7+,10+,11+/m0/s1. The Kier molecular flexibility index (Phi) is 6.50. The van der Waals surface area contributed by atoms with Gasteiger partial charge in [-0.05, 0) is 0 Å². The minimum Gasteiger partial charge on any atom is -0.387 e. The van der Waals surface area contributed by atoms with Crippen molar-refractivity contribution in [2.45, 2.75) is 23.5 Å². The molecule has 0 saturated carbocycles. The lowest BCUT2D eigenvalue weighted by molar-refractivity contribution is -0.223. The first-order valence-corrected chi connectivity index (χ1v) is 12.7. The summed E-state index contributed by atoms with van der Waals surface area (Å²) in [5.41, 5.74) is -7.57.